The van der Waals surface area contributed by atoms with Crippen molar-refractivity contribution in [1.29, 1.82) is 0 Å². The van der Waals surface area contributed by atoms with Crippen molar-refractivity contribution in [3.05, 3.63) is 0 Å². The Labute approximate surface area is 141 Å². The summed E-state index contributed by atoms with van der Waals surface area (Å²) in [6, 6.07) is -0.0135. The SMILES string of the molecule is CCCCCCCCCCCC(=O)NC(C)C[NH+](C)CC(=O)[O-]. The Morgan fingerprint density at radius 1 is 1.00 bits per heavy atom. The molecular weight excluding hydrogens is 292 g/mol. The lowest BCUT2D eigenvalue weighted by atomic mass is 10.1. The van der Waals surface area contributed by atoms with Crippen LogP contribution in [0.3, 0.4) is 0 Å². The lowest BCUT2D eigenvalue weighted by Gasteiger charge is -2.20. The number of quaternary nitrogens is 1. The van der Waals surface area contributed by atoms with Gasteiger partial charge in [-0.05, 0) is 13.3 Å². The van der Waals surface area contributed by atoms with Crippen molar-refractivity contribution in [2.24, 2.45) is 0 Å². The van der Waals surface area contributed by atoms with Gasteiger partial charge in [-0.1, -0.05) is 58.3 Å². The van der Waals surface area contributed by atoms with Crippen molar-refractivity contribution in [3.63, 3.8) is 0 Å². The molecule has 23 heavy (non-hydrogen) atoms. The van der Waals surface area contributed by atoms with Gasteiger partial charge in [0.1, 0.15) is 6.54 Å². The normalized spacial score (nSPS) is 13.5. The van der Waals surface area contributed by atoms with E-state index in [4.69, 9.17) is 0 Å². The molecule has 2 N–H and O–H groups in total. The van der Waals surface area contributed by atoms with Gasteiger partial charge in [0.25, 0.3) is 0 Å². The smallest absolute Gasteiger partial charge is 0.220 e. The molecule has 0 radical (unpaired) electrons. The molecule has 0 rings (SSSR count). The van der Waals surface area contributed by atoms with Crippen LogP contribution in [0, 0.1) is 0 Å². The molecule has 5 heteroatoms. The van der Waals surface area contributed by atoms with Gasteiger partial charge in [0.2, 0.25) is 5.91 Å². The minimum absolute atomic E-state index is 0.0135. The minimum atomic E-state index is -1.06. The topological polar surface area (TPSA) is 73.7 Å². The quantitative estimate of drug-likeness (QED) is 0.434. The van der Waals surface area contributed by atoms with Gasteiger partial charge >= 0.3 is 0 Å². The molecule has 0 aliphatic rings. The number of hydrogen-bond acceptors (Lipinski definition) is 3. The second-order valence-corrected chi connectivity index (χ2v) is 6.76. The van der Waals surface area contributed by atoms with Gasteiger partial charge in [0.15, 0.2) is 0 Å². The van der Waals surface area contributed by atoms with Crippen LogP contribution in [0.4, 0.5) is 0 Å². The van der Waals surface area contributed by atoms with E-state index in [1.54, 1.807) is 7.05 Å². The van der Waals surface area contributed by atoms with Gasteiger partial charge in [0.05, 0.1) is 25.6 Å². The summed E-state index contributed by atoms with van der Waals surface area (Å²) in [7, 11) is 1.79. The van der Waals surface area contributed by atoms with Crippen LogP contribution in [0.15, 0.2) is 0 Å². The number of amides is 1. The van der Waals surface area contributed by atoms with E-state index in [1.807, 2.05) is 6.92 Å². The maximum atomic E-state index is 11.8. The van der Waals surface area contributed by atoms with Gasteiger partial charge in [-0.2, -0.15) is 0 Å². The Morgan fingerprint density at radius 3 is 2.04 bits per heavy atom. The monoisotopic (exact) mass is 328 g/mol. The Bertz CT molecular complexity index is 321. The summed E-state index contributed by atoms with van der Waals surface area (Å²) in [6.07, 6.45) is 11.8. The molecule has 0 aliphatic carbocycles. The van der Waals surface area contributed by atoms with E-state index in [0.717, 1.165) is 17.7 Å². The third-order valence-corrected chi connectivity index (χ3v) is 4.02. The van der Waals surface area contributed by atoms with E-state index in [0.29, 0.717) is 13.0 Å². The van der Waals surface area contributed by atoms with Crippen LogP contribution in [0.1, 0.15) is 78.1 Å². The molecule has 0 aromatic heterocycles. The molecule has 0 saturated carbocycles. The number of likely N-dealkylation sites (N-methyl/N-ethyl adjacent to an activating group) is 1. The van der Waals surface area contributed by atoms with Crippen molar-refractivity contribution in [3.8, 4) is 0 Å². The molecular formula is C18H36N2O3. The number of carbonyl (C=O) groups excluding carboxylic acids is 2. The number of carbonyl (C=O) groups is 2. The summed E-state index contributed by atoms with van der Waals surface area (Å²) in [5.74, 6) is -0.989. The molecule has 136 valence electrons. The molecule has 0 heterocycles. The maximum absolute atomic E-state index is 11.8. The van der Waals surface area contributed by atoms with Crippen molar-refractivity contribution in [1.82, 2.24) is 5.32 Å². The van der Waals surface area contributed by atoms with E-state index in [-0.39, 0.29) is 18.5 Å². The molecule has 5 nitrogen and oxygen atoms in total. The molecule has 2 unspecified atom stereocenters. The molecule has 1 amide bonds. The van der Waals surface area contributed by atoms with Gasteiger partial charge in [-0.25, -0.2) is 0 Å². The van der Waals surface area contributed by atoms with Crippen LogP contribution in [0.25, 0.3) is 0 Å². The van der Waals surface area contributed by atoms with E-state index >= 15 is 0 Å². The molecule has 0 bridgehead atoms. The zero-order valence-electron chi connectivity index (χ0n) is 15.3. The zero-order chi connectivity index (χ0) is 17.5. The Kier molecular flexibility index (Phi) is 13.8. The summed E-state index contributed by atoms with van der Waals surface area (Å²) in [5, 5.41) is 13.4. The number of rotatable bonds is 15. The van der Waals surface area contributed by atoms with Gasteiger partial charge in [-0.3, -0.25) is 4.79 Å². The summed E-state index contributed by atoms with van der Waals surface area (Å²) in [5.41, 5.74) is 0. The molecule has 0 aromatic rings. The average molecular weight is 328 g/mol. The molecule has 0 fully saturated rings. The Morgan fingerprint density at radius 2 is 1.52 bits per heavy atom. The molecule has 0 aliphatic heterocycles. The van der Waals surface area contributed by atoms with E-state index < -0.39 is 5.97 Å². The van der Waals surface area contributed by atoms with Crippen LogP contribution >= 0.6 is 0 Å². The fourth-order valence-corrected chi connectivity index (χ4v) is 2.84. The van der Waals surface area contributed by atoms with E-state index in [1.165, 1.54) is 44.9 Å². The van der Waals surface area contributed by atoms with Crippen LogP contribution in [0.2, 0.25) is 0 Å². The third-order valence-electron chi connectivity index (χ3n) is 4.02. The number of aliphatic carboxylic acids is 1. The number of carboxylic acids is 1. The summed E-state index contributed by atoms with van der Waals surface area (Å²) in [6.45, 7) is 4.71. The largest absolute Gasteiger partial charge is 0.544 e. The predicted molar refractivity (Wildman–Crippen MR) is 91.1 cm³/mol. The first kappa shape index (κ1) is 21.9. The molecule has 2 atom stereocenters. The lowest BCUT2D eigenvalue weighted by molar-refractivity contribution is -0.874. The molecule has 0 aromatic carbocycles. The van der Waals surface area contributed by atoms with Crippen LogP contribution < -0.4 is 15.3 Å². The van der Waals surface area contributed by atoms with Crippen molar-refractivity contribution in [2.75, 3.05) is 20.1 Å². The summed E-state index contributed by atoms with van der Waals surface area (Å²) in [4.78, 5) is 23.1. The number of nitrogens with one attached hydrogen (secondary N) is 2. The fourth-order valence-electron chi connectivity index (χ4n) is 2.84. The maximum Gasteiger partial charge on any atom is 0.220 e. The second-order valence-electron chi connectivity index (χ2n) is 6.76. The Hall–Kier alpha value is -1.10. The summed E-state index contributed by atoms with van der Waals surface area (Å²) < 4.78 is 0. The highest BCUT2D eigenvalue weighted by Gasteiger charge is 2.12. The van der Waals surface area contributed by atoms with Gasteiger partial charge in [-0.15, -0.1) is 0 Å². The average Bonchev–Trinajstić information content (AvgIpc) is 2.44. The standard InChI is InChI=1S/C18H36N2O3/c1-4-5-6-7-8-9-10-11-12-13-17(21)19-16(2)14-20(3)15-18(22)23/h16H,4-15H2,1-3H3,(H,19,21)(H,22,23). The zero-order valence-corrected chi connectivity index (χ0v) is 15.3. The lowest BCUT2D eigenvalue weighted by Crippen LogP contribution is -3.11. The summed E-state index contributed by atoms with van der Waals surface area (Å²) >= 11 is 0. The van der Waals surface area contributed by atoms with Crippen molar-refractivity contribution in [2.45, 2.75) is 84.1 Å². The Balaban J connectivity index is 3.50. The number of carboxylic acid groups (broad SMARTS) is 1. The van der Waals surface area contributed by atoms with Crippen LogP contribution in [-0.2, 0) is 9.59 Å². The van der Waals surface area contributed by atoms with E-state index in [2.05, 4.69) is 12.2 Å². The molecule has 0 saturated heterocycles. The first-order valence-corrected chi connectivity index (χ1v) is 9.26. The highest BCUT2D eigenvalue weighted by molar-refractivity contribution is 5.76. The third kappa shape index (κ3) is 15.6. The van der Waals surface area contributed by atoms with Crippen molar-refractivity contribution < 1.29 is 19.6 Å². The van der Waals surface area contributed by atoms with Crippen LogP contribution in [-0.4, -0.2) is 38.1 Å². The van der Waals surface area contributed by atoms with Crippen LogP contribution in [0.5, 0.6) is 0 Å². The van der Waals surface area contributed by atoms with Gasteiger partial charge in [0, 0.05) is 6.42 Å². The fraction of sp³-hybridized carbons (Fsp3) is 0.889. The molecule has 0 spiro atoms. The minimum Gasteiger partial charge on any atom is -0.544 e. The highest BCUT2D eigenvalue weighted by Crippen LogP contribution is 2.10. The highest BCUT2D eigenvalue weighted by atomic mass is 16.4. The van der Waals surface area contributed by atoms with Gasteiger partial charge < -0.3 is 20.1 Å². The number of hydrogen-bond donors (Lipinski definition) is 2. The van der Waals surface area contributed by atoms with Crippen molar-refractivity contribution >= 4 is 11.9 Å². The van der Waals surface area contributed by atoms with E-state index in [9.17, 15) is 14.7 Å². The first-order chi connectivity index (χ1) is 11.0. The second kappa shape index (κ2) is 14.5. The number of unbranched alkanes of at least 4 members (excludes halogenated alkanes) is 8. The first-order valence-electron chi connectivity index (χ1n) is 9.26. The predicted octanol–water partition coefficient (Wildman–Crippen LogP) is 0.677.